The Morgan fingerprint density at radius 1 is 1.30 bits per heavy atom. The first kappa shape index (κ1) is 25.9. The number of nitrogen functional groups attached to an aromatic ring is 1. The topological polar surface area (TPSA) is 190 Å². The molecule has 2 atom stereocenters. The van der Waals surface area contributed by atoms with Gasteiger partial charge in [0, 0.05) is 30.4 Å². The minimum atomic E-state index is -1.43. The Morgan fingerprint density at radius 3 is 2.61 bits per heavy atom. The van der Waals surface area contributed by atoms with Crippen LogP contribution in [0.4, 0.5) is 10.5 Å². The molecule has 0 bridgehead atoms. The molecule has 0 saturated carbocycles. The van der Waals surface area contributed by atoms with Crippen LogP contribution in [-0.4, -0.2) is 89.9 Å². The SMILES string of the molecule is CCOC(=O)N1CCC(NC(=O)CNC(=O)C(Nc2cccc(C(=N)N)c2)C(O)CO)CC1. The number of rotatable bonds is 10. The number of aliphatic hydroxyl groups is 2. The van der Waals surface area contributed by atoms with Crippen molar-refractivity contribution in [3.05, 3.63) is 29.8 Å². The first-order valence-corrected chi connectivity index (χ1v) is 10.7. The van der Waals surface area contributed by atoms with Gasteiger partial charge in [-0.05, 0) is 31.9 Å². The lowest BCUT2D eigenvalue weighted by molar-refractivity contribution is -0.128. The third-order valence-corrected chi connectivity index (χ3v) is 5.16. The molecule has 0 aromatic heterocycles. The fourth-order valence-corrected chi connectivity index (χ4v) is 3.38. The van der Waals surface area contributed by atoms with Crippen LogP contribution in [-0.2, 0) is 14.3 Å². The van der Waals surface area contributed by atoms with Gasteiger partial charge in [-0.2, -0.15) is 0 Å². The highest BCUT2D eigenvalue weighted by molar-refractivity contribution is 5.96. The third kappa shape index (κ3) is 7.91. The molecule has 8 N–H and O–H groups in total. The zero-order valence-electron chi connectivity index (χ0n) is 18.5. The molecule has 12 nitrogen and oxygen atoms in total. The van der Waals surface area contributed by atoms with Gasteiger partial charge in [-0.15, -0.1) is 0 Å². The average Bonchev–Trinajstić information content (AvgIpc) is 2.81. The summed E-state index contributed by atoms with van der Waals surface area (Å²) >= 11 is 0. The fourth-order valence-electron chi connectivity index (χ4n) is 3.38. The van der Waals surface area contributed by atoms with Crippen LogP contribution in [0.3, 0.4) is 0 Å². The number of nitrogens with two attached hydrogens (primary N) is 1. The first-order chi connectivity index (χ1) is 15.7. The molecule has 0 aliphatic carbocycles. The van der Waals surface area contributed by atoms with Crippen LogP contribution >= 0.6 is 0 Å². The van der Waals surface area contributed by atoms with Crippen molar-refractivity contribution in [1.29, 1.82) is 5.41 Å². The maximum Gasteiger partial charge on any atom is 0.409 e. The number of piperidine rings is 1. The van der Waals surface area contributed by atoms with Gasteiger partial charge in [0.1, 0.15) is 18.0 Å². The summed E-state index contributed by atoms with van der Waals surface area (Å²) in [5, 5.41) is 35.0. The van der Waals surface area contributed by atoms with Crippen molar-refractivity contribution in [3.63, 3.8) is 0 Å². The van der Waals surface area contributed by atoms with Crippen LogP contribution in [0.5, 0.6) is 0 Å². The van der Waals surface area contributed by atoms with Crippen molar-refractivity contribution in [2.75, 3.05) is 38.2 Å². The molecule has 1 saturated heterocycles. The highest BCUT2D eigenvalue weighted by Gasteiger charge is 2.28. The van der Waals surface area contributed by atoms with Crippen molar-refractivity contribution >= 4 is 29.4 Å². The molecule has 2 unspecified atom stereocenters. The summed E-state index contributed by atoms with van der Waals surface area (Å²) in [5.74, 6) is -1.25. The standard InChI is InChI=1S/C21H32N6O6/c1-2-33-21(32)27-8-6-14(7-9-27)25-17(30)11-24-20(31)18(16(29)12-28)26-15-5-3-4-13(10-15)19(22)23/h3-5,10,14,16,18,26,28-29H,2,6-9,11-12H2,1H3,(H3,22,23)(H,24,31)(H,25,30). The molecule has 182 valence electrons. The van der Waals surface area contributed by atoms with E-state index in [-0.39, 0.29) is 24.5 Å². The van der Waals surface area contributed by atoms with Crippen LogP contribution in [0.1, 0.15) is 25.3 Å². The summed E-state index contributed by atoms with van der Waals surface area (Å²) in [4.78, 5) is 38.2. The highest BCUT2D eigenvalue weighted by Crippen LogP contribution is 2.14. The van der Waals surface area contributed by atoms with Crippen molar-refractivity contribution in [2.45, 2.75) is 38.0 Å². The summed E-state index contributed by atoms with van der Waals surface area (Å²) in [7, 11) is 0. The average molecular weight is 465 g/mol. The van der Waals surface area contributed by atoms with Gasteiger partial charge in [-0.3, -0.25) is 15.0 Å². The predicted octanol–water partition coefficient (Wildman–Crippen LogP) is -1.04. The number of hydrogen-bond acceptors (Lipinski definition) is 8. The Bertz CT molecular complexity index is 842. The minimum absolute atomic E-state index is 0.133. The second-order valence-electron chi connectivity index (χ2n) is 7.61. The molecule has 1 aliphatic rings. The lowest BCUT2D eigenvalue weighted by Gasteiger charge is -2.31. The molecule has 1 fully saturated rings. The van der Waals surface area contributed by atoms with E-state index in [4.69, 9.17) is 15.9 Å². The van der Waals surface area contributed by atoms with Crippen LogP contribution in [0.15, 0.2) is 24.3 Å². The van der Waals surface area contributed by atoms with E-state index in [0.29, 0.717) is 43.8 Å². The molecule has 12 heteroatoms. The number of benzene rings is 1. The van der Waals surface area contributed by atoms with E-state index < -0.39 is 30.6 Å². The number of amides is 3. The van der Waals surface area contributed by atoms with Gasteiger partial charge in [0.05, 0.1) is 19.8 Å². The van der Waals surface area contributed by atoms with Crippen molar-refractivity contribution < 1.29 is 29.3 Å². The van der Waals surface area contributed by atoms with Gasteiger partial charge in [0.25, 0.3) is 0 Å². The number of carbonyl (C=O) groups excluding carboxylic acids is 3. The first-order valence-electron chi connectivity index (χ1n) is 10.7. The number of nitrogens with zero attached hydrogens (tertiary/aromatic N) is 1. The second-order valence-corrected chi connectivity index (χ2v) is 7.61. The molecular formula is C21H32N6O6. The Balaban J connectivity index is 1.86. The maximum absolute atomic E-state index is 12.6. The number of likely N-dealkylation sites (tertiary alicyclic amines) is 1. The molecule has 3 amide bonds. The maximum atomic E-state index is 12.6. The number of ether oxygens (including phenoxy) is 1. The van der Waals surface area contributed by atoms with Crippen molar-refractivity contribution in [3.8, 4) is 0 Å². The molecule has 1 heterocycles. The van der Waals surface area contributed by atoms with E-state index in [2.05, 4.69) is 16.0 Å². The number of carbonyl (C=O) groups is 3. The third-order valence-electron chi connectivity index (χ3n) is 5.16. The summed E-state index contributed by atoms with van der Waals surface area (Å²) in [6, 6.07) is 5.02. The number of amidine groups is 1. The molecular weight excluding hydrogens is 432 g/mol. The number of hydrogen-bond donors (Lipinski definition) is 7. The van der Waals surface area contributed by atoms with E-state index in [1.807, 2.05) is 0 Å². The van der Waals surface area contributed by atoms with Gasteiger partial charge in [0.15, 0.2) is 0 Å². The fraction of sp³-hybridized carbons (Fsp3) is 0.524. The predicted molar refractivity (Wildman–Crippen MR) is 121 cm³/mol. The summed E-state index contributed by atoms with van der Waals surface area (Å²) in [6.07, 6.45) is -0.665. The van der Waals surface area contributed by atoms with Gasteiger partial charge < -0.3 is 41.5 Å². The second kappa shape index (κ2) is 12.6. The monoisotopic (exact) mass is 464 g/mol. The van der Waals surface area contributed by atoms with Crippen LogP contribution in [0.25, 0.3) is 0 Å². The molecule has 2 rings (SSSR count). The number of nitrogens with one attached hydrogen (secondary N) is 4. The van der Waals surface area contributed by atoms with E-state index in [1.165, 1.54) is 6.07 Å². The molecule has 0 radical (unpaired) electrons. The Morgan fingerprint density at radius 2 is 2.00 bits per heavy atom. The number of aliphatic hydroxyl groups excluding tert-OH is 2. The van der Waals surface area contributed by atoms with Gasteiger partial charge in [-0.1, -0.05) is 12.1 Å². The van der Waals surface area contributed by atoms with Gasteiger partial charge in [-0.25, -0.2) is 4.79 Å². The summed E-state index contributed by atoms with van der Waals surface area (Å²) in [5.41, 5.74) is 6.30. The molecule has 1 aromatic rings. The largest absolute Gasteiger partial charge is 0.450 e. The molecule has 1 aliphatic heterocycles. The van der Waals surface area contributed by atoms with Crippen LogP contribution in [0.2, 0.25) is 0 Å². The van der Waals surface area contributed by atoms with Crippen molar-refractivity contribution in [1.82, 2.24) is 15.5 Å². The van der Waals surface area contributed by atoms with E-state index in [1.54, 1.807) is 30.0 Å². The molecule has 0 spiro atoms. The van der Waals surface area contributed by atoms with E-state index in [0.717, 1.165) is 0 Å². The Labute approximate surface area is 192 Å². The lowest BCUT2D eigenvalue weighted by atomic mass is 10.1. The Kier molecular flexibility index (Phi) is 9.88. The smallest absolute Gasteiger partial charge is 0.409 e. The highest BCUT2D eigenvalue weighted by atomic mass is 16.6. The van der Waals surface area contributed by atoms with E-state index >= 15 is 0 Å². The number of anilines is 1. The normalized spacial score (nSPS) is 15.8. The van der Waals surface area contributed by atoms with Crippen LogP contribution in [0, 0.1) is 5.41 Å². The molecule has 1 aromatic carbocycles. The zero-order valence-corrected chi connectivity index (χ0v) is 18.5. The zero-order chi connectivity index (χ0) is 24.4. The van der Waals surface area contributed by atoms with Crippen LogP contribution < -0.4 is 21.7 Å². The summed E-state index contributed by atoms with van der Waals surface area (Å²) in [6.45, 7) is 1.97. The Hall–Kier alpha value is -3.38. The van der Waals surface area contributed by atoms with E-state index in [9.17, 15) is 24.6 Å². The quantitative estimate of drug-likeness (QED) is 0.169. The lowest BCUT2D eigenvalue weighted by Crippen LogP contribution is -2.52. The summed E-state index contributed by atoms with van der Waals surface area (Å²) < 4.78 is 4.97. The minimum Gasteiger partial charge on any atom is -0.450 e. The van der Waals surface area contributed by atoms with Gasteiger partial charge in [0.2, 0.25) is 11.8 Å². The molecule has 33 heavy (non-hydrogen) atoms. The van der Waals surface area contributed by atoms with Crippen molar-refractivity contribution in [2.24, 2.45) is 5.73 Å². The van der Waals surface area contributed by atoms with Gasteiger partial charge >= 0.3 is 6.09 Å².